The van der Waals surface area contributed by atoms with E-state index in [0.29, 0.717) is 5.82 Å². The maximum absolute atomic E-state index is 9.75. The van der Waals surface area contributed by atoms with Gasteiger partial charge in [-0.1, -0.05) is 0 Å². The molecule has 7 heteroatoms. The van der Waals surface area contributed by atoms with Gasteiger partial charge in [0.15, 0.2) is 0 Å². The monoisotopic (exact) mass is 268 g/mol. The molecule has 0 aliphatic heterocycles. The van der Waals surface area contributed by atoms with Crippen LogP contribution in [-0.2, 0) is 0 Å². The molecule has 18 heavy (non-hydrogen) atoms. The zero-order valence-corrected chi connectivity index (χ0v) is 11.1. The fourth-order valence-corrected chi connectivity index (χ4v) is 2.41. The van der Waals surface area contributed by atoms with E-state index in [4.69, 9.17) is 10.8 Å². The molecule has 0 saturated heterocycles. The lowest BCUT2D eigenvalue weighted by Crippen LogP contribution is -2.37. The van der Waals surface area contributed by atoms with Crippen molar-refractivity contribution in [1.82, 2.24) is 9.97 Å². The minimum atomic E-state index is -1.20. The first-order valence-electron chi connectivity index (χ1n) is 5.52. The molecule has 6 nitrogen and oxygen atoms in total. The summed E-state index contributed by atoms with van der Waals surface area (Å²) in [6.07, 6.45) is 0. The molecule has 0 aliphatic rings. The molecule has 0 amide bonds. The SMILES string of the molecule is Cc1cc2c(NCC(C)(O)CO)nc(N)nc2s1. The molecule has 1 atom stereocenters. The van der Waals surface area contributed by atoms with Crippen LogP contribution in [0.2, 0.25) is 0 Å². The predicted octanol–water partition coefficient (Wildman–Crippen LogP) is 0.737. The van der Waals surface area contributed by atoms with Crippen LogP contribution in [0.25, 0.3) is 10.2 Å². The minimum Gasteiger partial charge on any atom is -0.393 e. The highest BCUT2D eigenvalue weighted by atomic mass is 32.1. The van der Waals surface area contributed by atoms with Crippen molar-refractivity contribution in [3.05, 3.63) is 10.9 Å². The molecule has 0 saturated carbocycles. The number of thiophene rings is 1. The maximum Gasteiger partial charge on any atom is 0.223 e. The minimum absolute atomic E-state index is 0.184. The zero-order chi connectivity index (χ0) is 13.3. The molecule has 0 radical (unpaired) electrons. The second kappa shape index (κ2) is 4.68. The van der Waals surface area contributed by atoms with Crippen LogP contribution in [0.1, 0.15) is 11.8 Å². The fourth-order valence-electron chi connectivity index (χ4n) is 1.52. The molecule has 0 bridgehead atoms. The Hall–Kier alpha value is -1.44. The molecule has 0 spiro atoms. The standard InChI is InChI=1S/C11H16N4O2S/c1-6-3-7-8(13-4-11(2,17)5-16)14-10(12)15-9(7)18-6/h3,16-17H,4-5H2,1-2H3,(H3,12,13,14,15). The van der Waals surface area contributed by atoms with E-state index in [1.165, 1.54) is 11.3 Å². The number of aryl methyl sites for hydroxylation is 1. The Morgan fingerprint density at radius 3 is 2.89 bits per heavy atom. The molecular formula is C11H16N4O2S. The van der Waals surface area contributed by atoms with Crippen LogP contribution in [0.15, 0.2) is 6.07 Å². The van der Waals surface area contributed by atoms with Crippen molar-refractivity contribution in [1.29, 1.82) is 0 Å². The first kappa shape index (κ1) is 13.0. The Morgan fingerprint density at radius 2 is 2.22 bits per heavy atom. The van der Waals surface area contributed by atoms with Crippen LogP contribution >= 0.6 is 11.3 Å². The number of rotatable bonds is 4. The number of hydrogen-bond donors (Lipinski definition) is 4. The van der Waals surface area contributed by atoms with E-state index >= 15 is 0 Å². The van der Waals surface area contributed by atoms with Gasteiger partial charge >= 0.3 is 0 Å². The first-order valence-corrected chi connectivity index (χ1v) is 6.34. The first-order chi connectivity index (χ1) is 8.41. The van der Waals surface area contributed by atoms with Crippen LogP contribution in [0.3, 0.4) is 0 Å². The summed E-state index contributed by atoms with van der Waals surface area (Å²) in [6, 6.07) is 1.97. The number of nitrogens with zero attached hydrogens (tertiary/aromatic N) is 2. The largest absolute Gasteiger partial charge is 0.393 e. The van der Waals surface area contributed by atoms with E-state index in [9.17, 15) is 5.11 Å². The zero-order valence-electron chi connectivity index (χ0n) is 10.3. The van der Waals surface area contributed by atoms with Gasteiger partial charge in [-0.3, -0.25) is 0 Å². The fraction of sp³-hybridized carbons (Fsp3) is 0.455. The van der Waals surface area contributed by atoms with Gasteiger partial charge in [0.2, 0.25) is 5.95 Å². The van der Waals surface area contributed by atoms with Crippen LogP contribution in [-0.4, -0.2) is 38.9 Å². The second-order valence-electron chi connectivity index (χ2n) is 4.51. The molecular weight excluding hydrogens is 252 g/mol. The average molecular weight is 268 g/mol. The van der Waals surface area contributed by atoms with Gasteiger partial charge in [0.1, 0.15) is 16.2 Å². The van der Waals surface area contributed by atoms with Gasteiger partial charge in [0.05, 0.1) is 12.0 Å². The van der Waals surface area contributed by atoms with Gasteiger partial charge in [-0.25, -0.2) is 4.98 Å². The molecule has 2 aromatic rings. The Morgan fingerprint density at radius 1 is 1.50 bits per heavy atom. The number of hydrogen-bond acceptors (Lipinski definition) is 7. The van der Waals surface area contributed by atoms with Gasteiger partial charge in [-0.05, 0) is 19.9 Å². The summed E-state index contributed by atoms with van der Waals surface area (Å²) in [6.45, 7) is 3.38. The maximum atomic E-state index is 9.75. The van der Waals surface area contributed by atoms with E-state index < -0.39 is 5.60 Å². The van der Waals surface area contributed by atoms with Crippen molar-refractivity contribution >= 4 is 33.3 Å². The van der Waals surface area contributed by atoms with E-state index in [0.717, 1.165) is 15.1 Å². The van der Waals surface area contributed by atoms with Gasteiger partial charge in [-0.2, -0.15) is 4.98 Å². The lowest BCUT2D eigenvalue weighted by Gasteiger charge is -2.21. The number of nitrogens with one attached hydrogen (secondary N) is 1. The van der Waals surface area contributed by atoms with Crippen LogP contribution in [0.5, 0.6) is 0 Å². The lowest BCUT2D eigenvalue weighted by atomic mass is 10.1. The summed E-state index contributed by atoms with van der Waals surface area (Å²) in [4.78, 5) is 10.2. The lowest BCUT2D eigenvalue weighted by molar-refractivity contribution is 0.0132. The van der Waals surface area contributed by atoms with Crippen molar-refractivity contribution < 1.29 is 10.2 Å². The number of aliphatic hydroxyl groups is 2. The molecule has 2 heterocycles. The van der Waals surface area contributed by atoms with Crippen molar-refractivity contribution in [2.75, 3.05) is 24.2 Å². The normalized spacial score (nSPS) is 14.7. The third-order valence-corrected chi connectivity index (χ3v) is 3.45. The van der Waals surface area contributed by atoms with Gasteiger partial charge in [0.25, 0.3) is 0 Å². The molecule has 5 N–H and O–H groups in total. The van der Waals surface area contributed by atoms with Crippen molar-refractivity contribution in [3.63, 3.8) is 0 Å². The number of aliphatic hydroxyl groups excluding tert-OH is 1. The smallest absolute Gasteiger partial charge is 0.223 e. The van der Waals surface area contributed by atoms with E-state index in [1.807, 2.05) is 13.0 Å². The third-order valence-electron chi connectivity index (χ3n) is 2.51. The molecule has 98 valence electrons. The topological polar surface area (TPSA) is 104 Å². The summed E-state index contributed by atoms with van der Waals surface area (Å²) in [5.74, 6) is 0.770. The highest BCUT2D eigenvalue weighted by Gasteiger charge is 2.19. The Bertz CT molecular complexity index is 567. The van der Waals surface area contributed by atoms with Crippen molar-refractivity contribution in [2.24, 2.45) is 0 Å². The average Bonchev–Trinajstić information content (AvgIpc) is 2.66. The predicted molar refractivity (Wildman–Crippen MR) is 72.8 cm³/mol. The van der Waals surface area contributed by atoms with E-state index in [1.54, 1.807) is 6.92 Å². The van der Waals surface area contributed by atoms with Crippen molar-refractivity contribution in [3.8, 4) is 0 Å². The molecule has 2 aromatic heterocycles. The van der Waals surface area contributed by atoms with Gasteiger partial charge in [0, 0.05) is 11.4 Å². The Balaban J connectivity index is 2.32. The number of nitrogen functional groups attached to an aromatic ring is 1. The molecule has 1 unspecified atom stereocenters. The van der Waals surface area contributed by atoms with Crippen LogP contribution < -0.4 is 11.1 Å². The highest BCUT2D eigenvalue weighted by Crippen LogP contribution is 2.29. The summed E-state index contributed by atoms with van der Waals surface area (Å²) < 4.78 is 0. The van der Waals surface area contributed by atoms with Crippen LogP contribution in [0.4, 0.5) is 11.8 Å². The number of anilines is 2. The van der Waals surface area contributed by atoms with Gasteiger partial charge < -0.3 is 21.3 Å². The Kier molecular flexibility index (Phi) is 3.38. The van der Waals surface area contributed by atoms with Gasteiger partial charge in [-0.15, -0.1) is 11.3 Å². The van der Waals surface area contributed by atoms with Crippen LogP contribution in [0, 0.1) is 6.92 Å². The quantitative estimate of drug-likeness (QED) is 0.652. The van der Waals surface area contributed by atoms with E-state index in [2.05, 4.69) is 15.3 Å². The Labute approximate surface area is 108 Å². The highest BCUT2D eigenvalue weighted by molar-refractivity contribution is 7.18. The summed E-state index contributed by atoms with van der Waals surface area (Å²) in [7, 11) is 0. The summed E-state index contributed by atoms with van der Waals surface area (Å²) >= 11 is 1.54. The summed E-state index contributed by atoms with van der Waals surface area (Å²) in [5.41, 5.74) is 4.44. The van der Waals surface area contributed by atoms with Crippen molar-refractivity contribution in [2.45, 2.75) is 19.4 Å². The second-order valence-corrected chi connectivity index (χ2v) is 5.75. The van der Waals surface area contributed by atoms with E-state index in [-0.39, 0.29) is 19.1 Å². The third kappa shape index (κ3) is 2.69. The molecule has 0 aromatic carbocycles. The molecule has 0 aliphatic carbocycles. The molecule has 0 fully saturated rings. The molecule has 2 rings (SSSR count). The number of fused-ring (bicyclic) bond motifs is 1. The number of nitrogens with two attached hydrogens (primary N) is 1. The summed E-state index contributed by atoms with van der Waals surface area (Å²) in [5, 5.41) is 22.6. The number of aromatic nitrogens is 2.